The summed E-state index contributed by atoms with van der Waals surface area (Å²) in [5.74, 6) is 0. The molecule has 0 amide bonds. The predicted octanol–water partition coefficient (Wildman–Crippen LogP) is 1.50. The van der Waals surface area contributed by atoms with Gasteiger partial charge in [-0.25, -0.2) is 5.01 Å². The molecule has 0 aliphatic carbocycles. The fraction of sp³-hybridized carbons (Fsp3) is 0.385. The van der Waals surface area contributed by atoms with Gasteiger partial charge in [0.05, 0.1) is 13.2 Å². The van der Waals surface area contributed by atoms with Gasteiger partial charge in [-0.05, 0) is 17.0 Å². The lowest BCUT2D eigenvalue weighted by Crippen LogP contribution is -2.45. The second-order valence-electron chi connectivity index (χ2n) is 4.29. The minimum atomic E-state index is 0.819. The van der Waals surface area contributed by atoms with Crippen molar-refractivity contribution >= 4 is 10.9 Å². The fourth-order valence-corrected chi connectivity index (χ4v) is 2.22. The number of morpholine rings is 1. The number of ether oxygens (including phenoxy) is 1. The van der Waals surface area contributed by atoms with Crippen molar-refractivity contribution in [3.63, 3.8) is 0 Å². The lowest BCUT2D eigenvalue weighted by molar-refractivity contribution is 0.0106. The molecule has 4 nitrogen and oxygen atoms in total. The molecule has 0 radical (unpaired) electrons. The number of fused-ring (bicyclic) bond motifs is 1. The van der Waals surface area contributed by atoms with Gasteiger partial charge in [-0.3, -0.25) is 5.43 Å². The third-order valence-electron chi connectivity index (χ3n) is 3.18. The Hall–Kier alpha value is -1.36. The van der Waals surface area contributed by atoms with Crippen LogP contribution in [-0.4, -0.2) is 36.3 Å². The van der Waals surface area contributed by atoms with E-state index in [1.807, 2.05) is 6.20 Å². The number of benzene rings is 1. The van der Waals surface area contributed by atoms with Crippen molar-refractivity contribution < 1.29 is 4.74 Å². The average molecular weight is 231 g/mol. The third-order valence-corrected chi connectivity index (χ3v) is 3.18. The van der Waals surface area contributed by atoms with Gasteiger partial charge in [0, 0.05) is 31.3 Å². The summed E-state index contributed by atoms with van der Waals surface area (Å²) in [4.78, 5) is 3.29. The number of H-pyrrole nitrogens is 1. The van der Waals surface area contributed by atoms with Gasteiger partial charge in [0.1, 0.15) is 0 Å². The maximum atomic E-state index is 5.32. The topological polar surface area (TPSA) is 40.3 Å². The summed E-state index contributed by atoms with van der Waals surface area (Å²) in [5.41, 5.74) is 5.99. The highest BCUT2D eigenvalue weighted by Gasteiger charge is 2.10. The molecule has 3 rings (SSSR count). The van der Waals surface area contributed by atoms with Crippen molar-refractivity contribution in [2.45, 2.75) is 6.54 Å². The Kier molecular flexibility index (Phi) is 3.09. The molecule has 90 valence electrons. The summed E-state index contributed by atoms with van der Waals surface area (Å²) in [6, 6.07) is 8.50. The average Bonchev–Trinajstić information content (AvgIpc) is 2.86. The van der Waals surface area contributed by atoms with Crippen molar-refractivity contribution in [1.29, 1.82) is 0 Å². The predicted molar refractivity (Wildman–Crippen MR) is 67.5 cm³/mol. The molecule has 1 aromatic carbocycles. The van der Waals surface area contributed by atoms with E-state index in [0.29, 0.717) is 0 Å². The Morgan fingerprint density at radius 3 is 3.00 bits per heavy atom. The zero-order chi connectivity index (χ0) is 11.5. The second kappa shape index (κ2) is 4.87. The molecule has 1 fully saturated rings. The number of nitrogens with one attached hydrogen (secondary N) is 2. The molecule has 4 heteroatoms. The quantitative estimate of drug-likeness (QED) is 0.841. The van der Waals surface area contributed by atoms with Crippen LogP contribution in [0.25, 0.3) is 10.9 Å². The van der Waals surface area contributed by atoms with Gasteiger partial charge >= 0.3 is 0 Å². The van der Waals surface area contributed by atoms with Gasteiger partial charge in [-0.1, -0.05) is 18.2 Å². The lowest BCUT2D eigenvalue weighted by Gasteiger charge is -2.27. The summed E-state index contributed by atoms with van der Waals surface area (Å²) in [5, 5.41) is 3.50. The van der Waals surface area contributed by atoms with Gasteiger partial charge in [0.2, 0.25) is 0 Å². The maximum Gasteiger partial charge on any atom is 0.0608 e. The largest absolute Gasteiger partial charge is 0.379 e. The molecule has 1 saturated heterocycles. The van der Waals surface area contributed by atoms with Crippen molar-refractivity contribution in [1.82, 2.24) is 15.4 Å². The molecule has 2 aromatic rings. The Bertz CT molecular complexity index is 488. The summed E-state index contributed by atoms with van der Waals surface area (Å²) in [6.45, 7) is 4.42. The van der Waals surface area contributed by atoms with Gasteiger partial charge in [-0.2, -0.15) is 0 Å². The maximum absolute atomic E-state index is 5.32. The molecule has 2 N–H and O–H groups in total. The molecule has 0 spiro atoms. The van der Waals surface area contributed by atoms with Crippen LogP contribution in [0.2, 0.25) is 0 Å². The van der Waals surface area contributed by atoms with Crippen LogP contribution in [0.1, 0.15) is 5.56 Å². The van der Waals surface area contributed by atoms with Crippen LogP contribution >= 0.6 is 0 Å². The molecule has 1 aliphatic heterocycles. The Morgan fingerprint density at radius 1 is 1.24 bits per heavy atom. The molecule has 1 aliphatic rings. The molecular weight excluding hydrogens is 214 g/mol. The number of nitrogens with zero attached hydrogens (tertiary/aromatic N) is 1. The van der Waals surface area contributed by atoms with Gasteiger partial charge < -0.3 is 9.72 Å². The van der Waals surface area contributed by atoms with Gasteiger partial charge in [0.15, 0.2) is 0 Å². The SMILES string of the molecule is c1cc(CNN2CCOCC2)c2[nH]ccc2c1. The number of hydrogen-bond donors (Lipinski definition) is 2. The highest BCUT2D eigenvalue weighted by Crippen LogP contribution is 2.16. The normalized spacial score (nSPS) is 17.6. The zero-order valence-electron chi connectivity index (χ0n) is 9.78. The number of para-hydroxylation sites is 1. The molecule has 0 atom stereocenters. The Balaban J connectivity index is 1.69. The van der Waals surface area contributed by atoms with Crippen molar-refractivity contribution in [2.75, 3.05) is 26.3 Å². The van der Waals surface area contributed by atoms with E-state index >= 15 is 0 Å². The minimum absolute atomic E-state index is 0.819. The minimum Gasteiger partial charge on any atom is -0.379 e. The van der Waals surface area contributed by atoms with Crippen molar-refractivity contribution in [2.24, 2.45) is 0 Å². The molecular formula is C13H17N3O. The number of aromatic nitrogens is 1. The first-order valence-electron chi connectivity index (χ1n) is 6.05. The third kappa shape index (κ3) is 2.34. The van der Waals surface area contributed by atoms with Crippen molar-refractivity contribution in [3.8, 4) is 0 Å². The Labute approximate surface area is 101 Å². The van der Waals surface area contributed by atoms with Crippen LogP contribution in [0.5, 0.6) is 0 Å². The van der Waals surface area contributed by atoms with Crippen LogP contribution in [0.15, 0.2) is 30.5 Å². The van der Waals surface area contributed by atoms with Gasteiger partial charge in [0.25, 0.3) is 0 Å². The van der Waals surface area contributed by atoms with E-state index in [4.69, 9.17) is 4.74 Å². The van der Waals surface area contributed by atoms with Crippen LogP contribution in [0, 0.1) is 0 Å². The van der Waals surface area contributed by atoms with E-state index < -0.39 is 0 Å². The summed E-state index contributed by atoms with van der Waals surface area (Å²) in [6.07, 6.45) is 1.99. The van der Waals surface area contributed by atoms with E-state index in [2.05, 4.69) is 39.7 Å². The highest BCUT2D eigenvalue weighted by atomic mass is 16.5. The molecule has 0 saturated carbocycles. The van der Waals surface area contributed by atoms with Crippen LogP contribution < -0.4 is 5.43 Å². The van der Waals surface area contributed by atoms with E-state index in [9.17, 15) is 0 Å². The van der Waals surface area contributed by atoms with E-state index in [-0.39, 0.29) is 0 Å². The number of hydrogen-bond acceptors (Lipinski definition) is 3. The molecule has 2 heterocycles. The van der Waals surface area contributed by atoms with Crippen LogP contribution in [0.4, 0.5) is 0 Å². The summed E-state index contributed by atoms with van der Waals surface area (Å²) in [7, 11) is 0. The van der Waals surface area contributed by atoms with E-state index in [0.717, 1.165) is 32.8 Å². The second-order valence-corrected chi connectivity index (χ2v) is 4.29. The van der Waals surface area contributed by atoms with E-state index in [1.54, 1.807) is 0 Å². The summed E-state index contributed by atoms with van der Waals surface area (Å²) >= 11 is 0. The van der Waals surface area contributed by atoms with Crippen molar-refractivity contribution in [3.05, 3.63) is 36.0 Å². The number of aromatic amines is 1. The monoisotopic (exact) mass is 231 g/mol. The molecule has 1 aromatic heterocycles. The lowest BCUT2D eigenvalue weighted by atomic mass is 10.1. The van der Waals surface area contributed by atoms with Gasteiger partial charge in [-0.15, -0.1) is 0 Å². The first kappa shape index (κ1) is 10.8. The molecule has 0 unspecified atom stereocenters. The summed E-state index contributed by atoms with van der Waals surface area (Å²) < 4.78 is 5.32. The smallest absolute Gasteiger partial charge is 0.0608 e. The first-order valence-corrected chi connectivity index (χ1v) is 6.05. The van der Waals surface area contributed by atoms with E-state index in [1.165, 1.54) is 16.5 Å². The zero-order valence-corrected chi connectivity index (χ0v) is 9.78. The fourth-order valence-electron chi connectivity index (χ4n) is 2.22. The molecule has 17 heavy (non-hydrogen) atoms. The Morgan fingerprint density at radius 2 is 2.12 bits per heavy atom. The number of rotatable bonds is 3. The highest BCUT2D eigenvalue weighted by molar-refractivity contribution is 5.82. The number of hydrazine groups is 1. The van der Waals surface area contributed by atoms with Crippen LogP contribution in [0.3, 0.4) is 0 Å². The van der Waals surface area contributed by atoms with Crippen LogP contribution in [-0.2, 0) is 11.3 Å². The standard InChI is InChI=1S/C13H17N3O/c1-2-11-4-5-14-13(11)12(3-1)10-15-16-6-8-17-9-7-16/h1-5,14-15H,6-10H2. The first-order chi connectivity index (χ1) is 8.43. The molecule has 0 bridgehead atoms.